The first-order valence-electron chi connectivity index (χ1n) is 22.5. The van der Waals surface area contributed by atoms with Gasteiger partial charge in [0.15, 0.2) is 0 Å². The van der Waals surface area contributed by atoms with Crippen LogP contribution in [0, 0.1) is 11.3 Å². The Bertz CT molecular complexity index is 2890. The Morgan fingerprint density at radius 1 is 0.571 bits per heavy atom. The number of allylic oxidation sites excluding steroid dienone is 5. The number of anilines is 7. The van der Waals surface area contributed by atoms with E-state index in [1.54, 1.807) is 0 Å². The molecule has 3 atom stereocenters. The summed E-state index contributed by atoms with van der Waals surface area (Å²) in [5, 5.41) is -0.337. The van der Waals surface area contributed by atoms with Gasteiger partial charge in [-0.05, 0) is 123 Å². The second-order valence-corrected chi connectivity index (χ2v) is 18.8. The average Bonchev–Trinajstić information content (AvgIpc) is 3.32. The van der Waals surface area contributed by atoms with E-state index in [-0.39, 0.29) is 23.5 Å². The molecule has 0 saturated heterocycles. The van der Waals surface area contributed by atoms with Crippen LogP contribution in [0.3, 0.4) is 0 Å². The molecular weight excluding hydrogens is 761 g/mol. The van der Waals surface area contributed by atoms with E-state index in [1.165, 1.54) is 61.6 Å². The van der Waals surface area contributed by atoms with Crippen LogP contribution in [0.5, 0.6) is 0 Å². The van der Waals surface area contributed by atoms with Crippen molar-refractivity contribution in [2.75, 3.05) is 14.7 Å². The van der Waals surface area contributed by atoms with E-state index in [9.17, 15) is 0 Å². The zero-order chi connectivity index (χ0) is 42.7. The molecule has 63 heavy (non-hydrogen) atoms. The largest absolute Gasteiger partial charge is 0.335 e. The van der Waals surface area contributed by atoms with Gasteiger partial charge >= 0.3 is 0 Å². The van der Waals surface area contributed by atoms with Crippen molar-refractivity contribution in [2.24, 2.45) is 11.3 Å². The number of fused-ring (bicyclic) bond motifs is 4. The Morgan fingerprint density at radius 2 is 1.17 bits per heavy atom. The van der Waals surface area contributed by atoms with Gasteiger partial charge < -0.3 is 14.7 Å². The normalized spacial score (nSPS) is 19.7. The third-order valence-electron chi connectivity index (χ3n) is 14.0. The third kappa shape index (κ3) is 6.68. The van der Waals surface area contributed by atoms with Gasteiger partial charge in [0, 0.05) is 45.5 Å². The Kier molecular flexibility index (Phi) is 9.50. The van der Waals surface area contributed by atoms with Crippen LogP contribution < -0.4 is 25.6 Å². The quantitative estimate of drug-likeness (QED) is 0.148. The molecule has 2 heterocycles. The standard InChI is InChI=1S/C59H52BN3/c1-58(2,3)46-31-35-49(36-32-46)62-53-26-17-27-54-57(53)60(52-38-37-51(40-55(52)62)61(47-22-13-7-14-23-47)48-24-15-8-16-25-48)59(4)41-45(43-20-11-6-12-21-43)30-39-56(59)63(54)50-33-28-44(29-34-50)42-18-9-5-10-19-42/h5-31,33-41,46,56H,32H2,1-4H3. The topological polar surface area (TPSA) is 9.72 Å². The molecule has 11 rings (SSSR count). The highest BCUT2D eigenvalue weighted by Gasteiger charge is 2.56. The predicted molar refractivity (Wildman–Crippen MR) is 269 cm³/mol. The smallest absolute Gasteiger partial charge is 0.229 e. The number of hydrogen-bond acceptors (Lipinski definition) is 3. The summed E-state index contributed by atoms with van der Waals surface area (Å²) in [6.45, 7) is 9.65. The van der Waals surface area contributed by atoms with Gasteiger partial charge in [-0.3, -0.25) is 0 Å². The van der Waals surface area contributed by atoms with E-state index in [0.717, 1.165) is 23.5 Å². The summed E-state index contributed by atoms with van der Waals surface area (Å²) in [6.07, 6.45) is 15.8. The Hall–Kier alpha value is -7.04. The number of nitrogens with zero attached hydrogens (tertiary/aromatic N) is 3. The van der Waals surface area contributed by atoms with Crippen molar-refractivity contribution in [3.05, 3.63) is 230 Å². The lowest BCUT2D eigenvalue weighted by Gasteiger charge is -2.55. The van der Waals surface area contributed by atoms with Crippen LogP contribution in [0.1, 0.15) is 39.7 Å². The maximum Gasteiger partial charge on any atom is 0.229 e. The molecule has 0 amide bonds. The van der Waals surface area contributed by atoms with Gasteiger partial charge in [0.05, 0.1) is 6.04 Å². The summed E-state index contributed by atoms with van der Waals surface area (Å²) in [6, 6.07) is 66.8. The van der Waals surface area contributed by atoms with Crippen molar-refractivity contribution in [1.29, 1.82) is 0 Å². The minimum Gasteiger partial charge on any atom is -0.335 e. The minimum atomic E-state index is -0.337. The van der Waals surface area contributed by atoms with E-state index in [0.29, 0.717) is 5.92 Å². The highest BCUT2D eigenvalue weighted by atomic mass is 15.2. The van der Waals surface area contributed by atoms with Crippen molar-refractivity contribution in [2.45, 2.75) is 45.5 Å². The molecule has 0 bridgehead atoms. The molecule has 0 saturated carbocycles. The molecule has 0 N–H and O–H groups in total. The number of benzene rings is 7. The molecule has 0 spiro atoms. The fourth-order valence-electron chi connectivity index (χ4n) is 10.8. The monoisotopic (exact) mass is 813 g/mol. The van der Waals surface area contributed by atoms with Gasteiger partial charge in [-0.25, -0.2) is 0 Å². The van der Waals surface area contributed by atoms with Crippen molar-refractivity contribution < 1.29 is 0 Å². The fourth-order valence-corrected chi connectivity index (χ4v) is 10.8. The summed E-state index contributed by atoms with van der Waals surface area (Å²) in [4.78, 5) is 7.61. The number of para-hydroxylation sites is 2. The summed E-state index contributed by atoms with van der Waals surface area (Å²) >= 11 is 0. The Balaban J connectivity index is 1.15. The van der Waals surface area contributed by atoms with Crippen LogP contribution in [-0.4, -0.2) is 12.8 Å². The zero-order valence-electron chi connectivity index (χ0n) is 36.6. The summed E-state index contributed by atoms with van der Waals surface area (Å²) in [7, 11) is 0. The van der Waals surface area contributed by atoms with Gasteiger partial charge in [-0.2, -0.15) is 0 Å². The van der Waals surface area contributed by atoms with Crippen LogP contribution in [0.4, 0.5) is 39.8 Å². The lowest BCUT2D eigenvalue weighted by Crippen LogP contribution is -2.66. The van der Waals surface area contributed by atoms with E-state index >= 15 is 0 Å². The van der Waals surface area contributed by atoms with Gasteiger partial charge in [0.2, 0.25) is 6.71 Å². The molecule has 0 radical (unpaired) electrons. The van der Waals surface area contributed by atoms with Crippen LogP contribution in [0.2, 0.25) is 5.31 Å². The fraction of sp³-hybridized carbons (Fsp3) is 0.153. The van der Waals surface area contributed by atoms with Gasteiger partial charge in [0.25, 0.3) is 0 Å². The highest BCUT2D eigenvalue weighted by Crippen LogP contribution is 2.55. The van der Waals surface area contributed by atoms with E-state index < -0.39 is 0 Å². The maximum atomic E-state index is 2.63. The van der Waals surface area contributed by atoms with E-state index in [4.69, 9.17) is 0 Å². The third-order valence-corrected chi connectivity index (χ3v) is 14.0. The second kappa shape index (κ2) is 15.4. The maximum absolute atomic E-state index is 2.63. The first-order valence-corrected chi connectivity index (χ1v) is 22.5. The zero-order valence-corrected chi connectivity index (χ0v) is 36.6. The molecule has 2 aliphatic carbocycles. The molecule has 4 heteroatoms. The lowest BCUT2D eigenvalue weighted by atomic mass is 9.23. The first-order chi connectivity index (χ1) is 30.8. The minimum absolute atomic E-state index is 0.0471. The molecule has 7 aromatic carbocycles. The van der Waals surface area contributed by atoms with Gasteiger partial charge in [-0.15, -0.1) is 0 Å². The van der Waals surface area contributed by atoms with Crippen LogP contribution in [0.25, 0.3) is 16.7 Å². The molecule has 4 aliphatic rings. The average molecular weight is 814 g/mol. The van der Waals surface area contributed by atoms with Crippen LogP contribution in [0.15, 0.2) is 224 Å². The molecule has 2 aliphatic heterocycles. The summed E-state index contributed by atoms with van der Waals surface area (Å²) < 4.78 is 0. The van der Waals surface area contributed by atoms with Crippen molar-refractivity contribution >= 4 is 63.0 Å². The van der Waals surface area contributed by atoms with E-state index in [1.807, 2.05) is 0 Å². The molecule has 306 valence electrons. The van der Waals surface area contributed by atoms with Crippen molar-refractivity contribution in [3.63, 3.8) is 0 Å². The summed E-state index contributed by atoms with van der Waals surface area (Å²) in [5.41, 5.74) is 17.4. The first kappa shape index (κ1) is 38.9. The second-order valence-electron chi connectivity index (χ2n) is 18.8. The highest BCUT2D eigenvalue weighted by molar-refractivity contribution is 6.92. The summed E-state index contributed by atoms with van der Waals surface area (Å²) in [5.74, 6) is 0.463. The van der Waals surface area contributed by atoms with Crippen LogP contribution >= 0.6 is 0 Å². The lowest BCUT2D eigenvalue weighted by molar-refractivity contribution is 0.293. The SMILES string of the molecule is CC(C)(C)C1C=CC(N2c3cc(N(c4ccccc4)c4ccccc4)ccc3B3c4c2cccc4N(c2ccc(-c4ccccc4)cc2)C2C=CC(c4ccccc4)=CC32C)=CC1. The molecule has 7 aromatic rings. The van der Waals surface area contributed by atoms with Gasteiger partial charge in [-0.1, -0.05) is 179 Å². The molecule has 0 fully saturated rings. The van der Waals surface area contributed by atoms with Crippen molar-refractivity contribution in [1.82, 2.24) is 0 Å². The molecule has 3 nitrogen and oxygen atoms in total. The van der Waals surface area contributed by atoms with E-state index in [2.05, 4.69) is 261 Å². The Labute approximate surface area is 373 Å². The van der Waals surface area contributed by atoms with Crippen molar-refractivity contribution in [3.8, 4) is 11.1 Å². The number of rotatable bonds is 7. The molecule has 3 unspecified atom stereocenters. The van der Waals surface area contributed by atoms with Crippen LogP contribution in [-0.2, 0) is 0 Å². The molecule has 0 aromatic heterocycles. The molecular formula is C59H52BN3. The predicted octanol–water partition coefficient (Wildman–Crippen LogP) is 14.3. The number of hydrogen-bond donors (Lipinski definition) is 0. The van der Waals surface area contributed by atoms with Gasteiger partial charge in [0.1, 0.15) is 0 Å². The Morgan fingerprint density at radius 3 is 1.79 bits per heavy atom.